The van der Waals surface area contributed by atoms with Crippen LogP contribution in [0.4, 0.5) is 0 Å². The fourth-order valence-electron chi connectivity index (χ4n) is 12.0. The van der Waals surface area contributed by atoms with E-state index in [1.54, 1.807) is 0 Å². The molecule has 8 nitrogen and oxygen atoms in total. The molecule has 2 amide bonds. The van der Waals surface area contributed by atoms with Crippen molar-refractivity contribution in [3.8, 4) is 10.0 Å². The number of halogens is 2. The van der Waals surface area contributed by atoms with Crippen LogP contribution in [0.25, 0.3) is 10.0 Å². The van der Waals surface area contributed by atoms with Crippen LogP contribution in [0.5, 0.6) is 0 Å². The van der Waals surface area contributed by atoms with E-state index in [2.05, 4.69) is 55.6 Å². The summed E-state index contributed by atoms with van der Waals surface area (Å²) in [5.41, 5.74) is 2.76. The maximum absolute atomic E-state index is 14.7. The topological polar surface area (TPSA) is 68.9 Å². The minimum Gasteiger partial charge on any atom is -1.00 e. The summed E-state index contributed by atoms with van der Waals surface area (Å²) in [6.45, 7) is 17.9. The first kappa shape index (κ1) is 73.2. The highest BCUT2D eigenvalue weighted by Gasteiger charge is 2.40. The highest BCUT2D eigenvalue weighted by Crippen LogP contribution is 2.41. The molecule has 2 atom stereocenters. The normalized spacial score (nSPS) is 15.7. The molecule has 2 saturated heterocycles. The highest BCUT2D eigenvalue weighted by molar-refractivity contribution is 7.21. The summed E-state index contributed by atoms with van der Waals surface area (Å²) in [4.78, 5) is 36.3. The van der Waals surface area contributed by atoms with E-state index < -0.39 is 0 Å². The molecule has 2 aliphatic rings. The minimum absolute atomic E-state index is 0. The fourth-order valence-corrected chi connectivity index (χ4v) is 14.9. The Labute approximate surface area is 510 Å². The Morgan fingerprint density at radius 2 is 0.679 bits per heavy atom. The van der Waals surface area contributed by atoms with Gasteiger partial charge in [0.05, 0.1) is 25.4 Å². The number of carbonyl (C=O) groups is 2. The third kappa shape index (κ3) is 30.1. The first-order valence-electron chi connectivity index (χ1n) is 33.2. The van der Waals surface area contributed by atoms with Crippen LogP contribution in [0.3, 0.4) is 0 Å². The summed E-state index contributed by atoms with van der Waals surface area (Å²) in [6.07, 6.45) is 55.1. The molecule has 2 aliphatic heterocycles. The second kappa shape index (κ2) is 47.4. The zero-order chi connectivity index (χ0) is 54.3. The molecular weight excluding hydrogens is 1140 g/mol. The van der Waals surface area contributed by atoms with Crippen LogP contribution in [0.2, 0.25) is 0 Å². The van der Waals surface area contributed by atoms with E-state index in [4.69, 9.17) is 9.47 Å². The van der Waals surface area contributed by atoms with Gasteiger partial charge in [0.1, 0.15) is 13.1 Å². The lowest BCUT2D eigenvalue weighted by molar-refractivity contribution is -0.143. The van der Waals surface area contributed by atoms with Crippen molar-refractivity contribution in [2.45, 2.75) is 337 Å². The average molecular weight is 1260 g/mol. The van der Waals surface area contributed by atoms with Gasteiger partial charge in [-0.2, -0.15) is 9.13 Å². The summed E-state index contributed by atoms with van der Waals surface area (Å²) in [7, 11) is 0. The van der Waals surface area contributed by atoms with Gasteiger partial charge in [0.2, 0.25) is 11.8 Å². The number of hydrogen-bond donors (Lipinski definition) is 0. The van der Waals surface area contributed by atoms with Crippen LogP contribution in [-0.2, 0) is 57.8 Å². The molecular formula is C66H120Br2N4O4S2. The predicted molar refractivity (Wildman–Crippen MR) is 329 cm³/mol. The average Bonchev–Trinajstić information content (AvgIpc) is 4.01. The van der Waals surface area contributed by atoms with Crippen LogP contribution in [0.15, 0.2) is 0 Å². The molecule has 0 aliphatic carbocycles. The monoisotopic (exact) mass is 1250 g/mol. The molecule has 2 aromatic rings. The number of aromatic nitrogens is 2. The van der Waals surface area contributed by atoms with Crippen molar-refractivity contribution < 1.29 is 53.0 Å². The molecule has 78 heavy (non-hydrogen) atoms. The van der Waals surface area contributed by atoms with Crippen LogP contribution in [0, 0.1) is 0 Å². The van der Waals surface area contributed by atoms with Crippen molar-refractivity contribution in [1.82, 2.24) is 18.9 Å². The van der Waals surface area contributed by atoms with E-state index in [1.165, 1.54) is 262 Å². The zero-order valence-electron chi connectivity index (χ0n) is 51.5. The third-order valence-electron chi connectivity index (χ3n) is 16.7. The molecule has 0 N–H and O–H groups in total. The van der Waals surface area contributed by atoms with E-state index in [9.17, 15) is 9.59 Å². The van der Waals surface area contributed by atoms with Crippen molar-refractivity contribution in [2.75, 3.05) is 39.4 Å². The second-order valence-electron chi connectivity index (χ2n) is 23.8. The van der Waals surface area contributed by atoms with Crippen molar-refractivity contribution in [1.29, 1.82) is 0 Å². The van der Waals surface area contributed by atoms with E-state index in [1.807, 2.05) is 27.6 Å². The minimum atomic E-state index is 0. The summed E-state index contributed by atoms with van der Waals surface area (Å²) in [5, 5.41) is 2.41. The first-order valence-corrected chi connectivity index (χ1v) is 34.8. The van der Waals surface area contributed by atoms with Gasteiger partial charge in [-0.3, -0.25) is 9.59 Å². The van der Waals surface area contributed by atoms with Crippen molar-refractivity contribution in [2.24, 2.45) is 0 Å². The van der Waals surface area contributed by atoms with Crippen LogP contribution < -0.4 is 34.0 Å². The summed E-state index contributed by atoms with van der Waals surface area (Å²) >= 11 is 3.92. The van der Waals surface area contributed by atoms with Crippen LogP contribution in [-0.4, -0.2) is 82.3 Å². The number of amides is 2. The SMILES string of the molecule is CCCCCCCCCCCCCCCCCCc1s[c+](-[c+]2sc(CCCCC)c(CCCCC)n2CC(=O)N2CC(C)OC(C)C2)n(CC(=O)N2CCOCC2)c1CCCCCCCCCCCCCCCCCC.[Br-].[Br-]. The standard InChI is InChI=1S/C66H120N4O4S2.2BrH/c1-7-11-15-17-19-21-23-25-27-29-31-33-35-37-39-43-46-60-62(48-44-40-38-36-34-32-30-28-26-24-22-20-18-16-12-8-2)76-65(69(60)55-63(71)67-49-51-73-52-50-67)66-70(56-64(72)68-53-57(5)74-58(6)54-68)59(45-41-13-9-3)61(75-66)47-42-14-10-4;;/h57-58H,7-56H2,1-6H3;2*1H/q+2;;/p-2. The quantitative estimate of drug-likeness (QED) is 0.0489. The summed E-state index contributed by atoms with van der Waals surface area (Å²) in [5.74, 6) is 0.397. The van der Waals surface area contributed by atoms with Crippen molar-refractivity contribution in [3.63, 3.8) is 0 Å². The maximum atomic E-state index is 14.7. The number of ether oxygens (including phenoxy) is 2. The van der Waals surface area contributed by atoms with Gasteiger partial charge in [-0.25, -0.2) is 0 Å². The van der Waals surface area contributed by atoms with Gasteiger partial charge in [0, 0.05) is 74.5 Å². The van der Waals surface area contributed by atoms with Crippen molar-refractivity contribution >= 4 is 34.5 Å². The Morgan fingerprint density at radius 3 is 1.03 bits per heavy atom. The Morgan fingerprint density at radius 1 is 0.410 bits per heavy atom. The largest absolute Gasteiger partial charge is 1.00 e. The van der Waals surface area contributed by atoms with E-state index in [0.29, 0.717) is 52.5 Å². The van der Waals surface area contributed by atoms with Crippen molar-refractivity contribution in [3.05, 3.63) is 21.1 Å². The predicted octanol–water partition coefficient (Wildman–Crippen LogP) is 13.2. The molecule has 454 valence electrons. The molecule has 0 spiro atoms. The molecule has 0 aromatic carbocycles. The van der Waals surface area contributed by atoms with Gasteiger partial charge in [-0.1, -0.05) is 246 Å². The number of aryl methyl sites for hydroxylation is 2. The molecule has 4 heterocycles. The molecule has 0 saturated carbocycles. The van der Waals surface area contributed by atoms with Gasteiger partial charge >= 0.3 is 0 Å². The van der Waals surface area contributed by atoms with E-state index in [-0.39, 0.29) is 58.0 Å². The number of thiazole rings is 2. The first-order chi connectivity index (χ1) is 37.3. The van der Waals surface area contributed by atoms with Gasteiger partial charge in [-0.15, -0.1) is 0 Å². The number of rotatable bonds is 47. The van der Waals surface area contributed by atoms with Crippen LogP contribution >= 0.6 is 22.7 Å². The van der Waals surface area contributed by atoms with E-state index in [0.717, 1.165) is 38.5 Å². The number of hydrogen-bond acceptors (Lipinski definition) is 6. The lowest BCUT2D eigenvalue weighted by Gasteiger charge is -2.35. The summed E-state index contributed by atoms with van der Waals surface area (Å²) < 4.78 is 16.8. The molecule has 4 rings (SSSR count). The molecule has 12 heteroatoms. The Bertz CT molecular complexity index is 1770. The van der Waals surface area contributed by atoms with Gasteiger partial charge < -0.3 is 53.2 Å². The lowest BCUT2D eigenvalue weighted by Crippen LogP contribution is -3.00. The second-order valence-corrected chi connectivity index (χ2v) is 26.0. The van der Waals surface area contributed by atoms with Crippen LogP contribution in [0.1, 0.15) is 307 Å². The van der Waals surface area contributed by atoms with Gasteiger partial charge in [-0.05, 0) is 39.5 Å². The highest BCUT2D eigenvalue weighted by atomic mass is 79.9. The Kier molecular flexibility index (Phi) is 44.5. The van der Waals surface area contributed by atoms with Gasteiger partial charge in [0.25, 0.3) is 10.0 Å². The molecule has 0 radical (unpaired) electrons. The lowest BCUT2D eigenvalue weighted by atomic mass is 10.0. The summed E-state index contributed by atoms with van der Waals surface area (Å²) in [6, 6.07) is 0. The Balaban J connectivity index is 0.0000104. The number of carbonyl (C=O) groups excluding carboxylic acids is 2. The molecule has 2 aromatic heterocycles. The number of nitrogens with zero attached hydrogens (tertiary/aromatic N) is 4. The molecule has 2 fully saturated rings. The third-order valence-corrected chi connectivity index (χ3v) is 19.4. The zero-order valence-corrected chi connectivity index (χ0v) is 56.3. The fraction of sp³-hybridized carbons (Fsp3) is 0.879. The number of unbranched alkanes of at least 4 members (excludes halogenated alkanes) is 34. The van der Waals surface area contributed by atoms with Gasteiger partial charge in [0.15, 0.2) is 21.1 Å². The number of morpholine rings is 2. The molecule has 0 bridgehead atoms. The molecule has 2 unspecified atom stereocenters. The van der Waals surface area contributed by atoms with E-state index >= 15 is 0 Å². The smallest absolute Gasteiger partial charge is 0.295 e. The Hall–Kier alpha value is -0.920. The maximum Gasteiger partial charge on any atom is 0.295 e.